The van der Waals surface area contributed by atoms with Gasteiger partial charge in [0.2, 0.25) is 0 Å². The van der Waals surface area contributed by atoms with Gasteiger partial charge in [-0.15, -0.1) is 0 Å². The summed E-state index contributed by atoms with van der Waals surface area (Å²) in [7, 11) is 1.65. The third kappa shape index (κ3) is 3.92. The Labute approximate surface area is 161 Å². The molecule has 10 heteroatoms. The number of hydrogen-bond acceptors (Lipinski definition) is 5. The molecule has 3 N–H and O–H groups in total. The second kappa shape index (κ2) is 7.99. The molecule has 2 aromatic carbocycles. The van der Waals surface area contributed by atoms with Crippen LogP contribution in [-0.2, 0) is 11.9 Å². The smallest absolute Gasteiger partial charge is 0.277 e. The van der Waals surface area contributed by atoms with Crippen molar-refractivity contribution in [2.45, 2.75) is 0 Å². The third-order valence-corrected chi connectivity index (χ3v) is 4.25. The summed E-state index contributed by atoms with van der Waals surface area (Å²) in [6, 6.07) is 5.62. The predicted octanol–water partition coefficient (Wildman–Crippen LogP) is 3.01. The molecule has 0 aliphatic heterocycles. The lowest BCUT2D eigenvalue weighted by molar-refractivity contribution is 0.0169. The zero-order chi connectivity index (χ0) is 19.6. The highest BCUT2D eigenvalue weighted by atomic mass is 79.9. The average Bonchev–Trinajstić information content (AvgIpc) is 3.00. The predicted molar refractivity (Wildman–Crippen MR) is 98.6 cm³/mol. The number of rotatable bonds is 6. The molecule has 1 heterocycles. The molecule has 0 aliphatic carbocycles. The number of aromatic nitrogens is 2. The van der Waals surface area contributed by atoms with E-state index in [4.69, 9.17) is 9.94 Å². The molecule has 0 radical (unpaired) electrons. The Bertz CT molecular complexity index is 1010. The summed E-state index contributed by atoms with van der Waals surface area (Å²) in [6.45, 7) is -0.434. The minimum absolute atomic E-state index is 0.0160. The van der Waals surface area contributed by atoms with Crippen LogP contribution < -0.4 is 10.8 Å². The van der Waals surface area contributed by atoms with E-state index in [1.807, 2.05) is 0 Å². The van der Waals surface area contributed by atoms with Crippen LogP contribution in [0.25, 0.3) is 11.0 Å². The SMILES string of the molecule is [13CH3][15n]1c[15n]c2c(F)c([15NH]c3ccc(Br)cc3F)c(C(=O)NOCCO)cc21. The van der Waals surface area contributed by atoms with Gasteiger partial charge in [0.15, 0.2) is 5.82 Å². The molecule has 1 aromatic heterocycles. The molecule has 142 valence electrons. The Morgan fingerprint density at radius 1 is 1.37 bits per heavy atom. The number of anilines is 2. The van der Waals surface area contributed by atoms with Crippen LogP contribution in [0, 0.1) is 11.6 Å². The number of hydroxylamine groups is 1. The highest BCUT2D eigenvalue weighted by molar-refractivity contribution is 9.10. The Hall–Kier alpha value is -2.56. The molecule has 0 aliphatic rings. The quantitative estimate of drug-likeness (QED) is 0.235. The topological polar surface area (TPSA) is 88.4 Å². The van der Waals surface area contributed by atoms with Gasteiger partial charge in [0.1, 0.15) is 11.3 Å². The molecule has 0 saturated carbocycles. The fourth-order valence-electron chi connectivity index (χ4n) is 2.47. The molecule has 27 heavy (non-hydrogen) atoms. The molecule has 0 unspecified atom stereocenters. The van der Waals surface area contributed by atoms with Gasteiger partial charge in [-0.05, 0) is 24.3 Å². The lowest BCUT2D eigenvalue weighted by Crippen LogP contribution is -2.26. The number of aryl methyl sites for hydroxylation is 1. The Balaban J connectivity index is 2.09. The van der Waals surface area contributed by atoms with Crippen LogP contribution in [0.2, 0.25) is 0 Å². The van der Waals surface area contributed by atoms with Crippen LogP contribution in [-0.4, -0.2) is 33.8 Å². The van der Waals surface area contributed by atoms with Gasteiger partial charge >= 0.3 is 0 Å². The summed E-state index contributed by atoms with van der Waals surface area (Å²) in [5, 5.41) is 11.4. The number of nitrogens with one attached hydrogen (secondary N) is 2. The minimum atomic E-state index is -0.803. The van der Waals surface area contributed by atoms with Crippen LogP contribution in [0.5, 0.6) is 0 Å². The molecule has 3 rings (SSSR count). The highest BCUT2D eigenvalue weighted by Crippen LogP contribution is 2.32. The fraction of sp³-hybridized carbons (Fsp3) is 0.176. The van der Waals surface area contributed by atoms with E-state index < -0.39 is 17.5 Å². The lowest BCUT2D eigenvalue weighted by atomic mass is 10.1. The summed E-state index contributed by atoms with van der Waals surface area (Å²) >= 11 is 3.15. The Kier molecular flexibility index (Phi) is 5.68. The van der Waals surface area contributed by atoms with Crippen LogP contribution in [0.3, 0.4) is 0 Å². The van der Waals surface area contributed by atoms with Gasteiger partial charge in [-0.3, -0.25) is 9.63 Å². The number of carbonyl (C=O) groups excluding carboxylic acids is 1. The third-order valence-electron chi connectivity index (χ3n) is 3.75. The standard InChI is InChI=1S/C17H15BrF2N4O3/c1-24-8-21-16-13(24)7-10(17(26)23-27-5-4-25)15(14(16)20)22-12-3-2-9(18)6-11(12)19/h2-3,6-8,22,25H,4-5H2,1H3,(H,23,26)/i1+1,21+1,22+1,24+1. The van der Waals surface area contributed by atoms with Gasteiger partial charge in [0, 0.05) is 11.5 Å². The van der Waals surface area contributed by atoms with Gasteiger partial charge in [-0.1, -0.05) is 15.9 Å². The number of carbonyl (C=O) groups is 1. The van der Waals surface area contributed by atoms with E-state index in [-0.39, 0.29) is 35.7 Å². The maximum atomic E-state index is 15.1. The van der Waals surface area contributed by atoms with E-state index in [0.29, 0.717) is 9.99 Å². The Morgan fingerprint density at radius 2 is 2.15 bits per heavy atom. The first-order chi connectivity index (χ1) is 12.9. The van der Waals surface area contributed by atoms with Crippen LogP contribution in [0.4, 0.5) is 20.2 Å². The van der Waals surface area contributed by atoms with Crippen LogP contribution in [0.15, 0.2) is 35.1 Å². The largest absolute Gasteiger partial charge is 0.394 e. The first-order valence-corrected chi connectivity index (χ1v) is 8.60. The maximum Gasteiger partial charge on any atom is 0.277 e. The molecule has 0 atom stereocenters. The van der Waals surface area contributed by atoms with E-state index in [1.54, 1.807) is 17.7 Å². The van der Waals surface area contributed by atoms with Crippen molar-refractivity contribution in [1.29, 1.82) is 0 Å². The molecular formula is C17H15BrF2N4O3. The van der Waals surface area contributed by atoms with Crippen molar-refractivity contribution < 1.29 is 23.5 Å². The first kappa shape index (κ1) is 19.2. The highest BCUT2D eigenvalue weighted by Gasteiger charge is 2.22. The van der Waals surface area contributed by atoms with E-state index in [2.05, 4.69) is 31.7 Å². The van der Waals surface area contributed by atoms with E-state index in [1.165, 1.54) is 24.5 Å². The van der Waals surface area contributed by atoms with Gasteiger partial charge in [-0.25, -0.2) is 19.2 Å². The average molecular weight is 445 g/mol. The molecule has 0 saturated heterocycles. The Morgan fingerprint density at radius 3 is 2.85 bits per heavy atom. The summed E-state index contributed by atoms with van der Waals surface area (Å²) < 4.78 is 31.3. The number of amides is 1. The van der Waals surface area contributed by atoms with Crippen molar-refractivity contribution in [3.63, 3.8) is 0 Å². The fourth-order valence-corrected chi connectivity index (χ4v) is 2.80. The summed E-state index contributed by atoms with van der Waals surface area (Å²) in [5.41, 5.74) is 2.16. The van der Waals surface area contributed by atoms with Crippen LogP contribution in [0.1, 0.15) is 10.4 Å². The number of imidazole rings is 1. The number of aliphatic hydroxyl groups is 1. The number of nitrogens with zero attached hydrogens (tertiary/aromatic N) is 2. The van der Waals surface area contributed by atoms with Crippen molar-refractivity contribution in [3.05, 3.63) is 52.3 Å². The number of fused-ring (bicyclic) bond motifs is 1. The van der Waals surface area contributed by atoms with Crippen molar-refractivity contribution in [3.8, 4) is 0 Å². The van der Waals surface area contributed by atoms with Gasteiger partial charge in [0.25, 0.3) is 5.91 Å². The number of benzene rings is 2. The molecule has 1 amide bonds. The van der Waals surface area contributed by atoms with E-state index in [9.17, 15) is 9.18 Å². The molecule has 7 nitrogen and oxygen atoms in total. The zero-order valence-corrected chi connectivity index (χ0v) is 15.7. The molecular weight excluding hydrogens is 430 g/mol. The zero-order valence-electron chi connectivity index (χ0n) is 14.1. The number of halogens is 3. The minimum Gasteiger partial charge on any atom is -0.394 e. The van der Waals surface area contributed by atoms with Crippen molar-refractivity contribution in [1.82, 2.24) is 15.0 Å². The second-order valence-electron chi connectivity index (χ2n) is 5.59. The molecule has 0 fully saturated rings. The van der Waals surface area contributed by atoms with Crippen molar-refractivity contribution in [2.24, 2.45) is 7.05 Å². The van der Waals surface area contributed by atoms with Gasteiger partial charge < -0.3 is 15.0 Å². The normalized spacial score (nSPS) is 11.0. The maximum absolute atomic E-state index is 15.1. The molecule has 3 aromatic rings. The van der Waals surface area contributed by atoms with E-state index in [0.717, 1.165) is 0 Å². The molecule has 0 bridgehead atoms. The summed E-state index contributed by atoms with van der Waals surface area (Å²) in [5.74, 6) is -2.19. The first-order valence-electron chi connectivity index (χ1n) is 7.81. The van der Waals surface area contributed by atoms with Gasteiger partial charge in [-0.2, -0.15) is 0 Å². The lowest BCUT2D eigenvalue weighted by Gasteiger charge is -2.15. The number of aliphatic hydroxyl groups excluding tert-OH is 1. The van der Waals surface area contributed by atoms with Crippen molar-refractivity contribution >= 4 is 44.2 Å². The summed E-state index contributed by atoms with van der Waals surface area (Å²) in [4.78, 5) is 21.2. The van der Waals surface area contributed by atoms with E-state index >= 15 is 4.39 Å². The van der Waals surface area contributed by atoms with Crippen molar-refractivity contribution in [2.75, 3.05) is 18.5 Å². The number of hydrogen-bond donors (Lipinski definition) is 3. The van der Waals surface area contributed by atoms with Crippen LogP contribution >= 0.6 is 15.9 Å². The second-order valence-corrected chi connectivity index (χ2v) is 6.50. The monoisotopic (exact) mass is 444 g/mol. The summed E-state index contributed by atoms with van der Waals surface area (Å²) in [6.07, 6.45) is 1.40. The van der Waals surface area contributed by atoms with Gasteiger partial charge in [0.05, 0.1) is 42.0 Å². The molecule has 0 spiro atoms.